The van der Waals surface area contributed by atoms with E-state index in [4.69, 9.17) is 0 Å². The molecular formula is C18H34Si. The van der Waals surface area contributed by atoms with Crippen LogP contribution in [-0.4, -0.2) is 8.07 Å². The lowest BCUT2D eigenvalue weighted by Crippen LogP contribution is -2.34. The minimum Gasteiger partial charge on any atom is -0.127 e. The van der Waals surface area contributed by atoms with Gasteiger partial charge in [0.25, 0.3) is 0 Å². The van der Waals surface area contributed by atoms with E-state index in [1.54, 1.807) is 10.8 Å². The van der Waals surface area contributed by atoms with E-state index in [1.807, 2.05) is 0 Å². The second-order valence-electron chi connectivity index (χ2n) is 6.21. The number of allylic oxidation sites excluding steroid dienone is 1. The van der Waals surface area contributed by atoms with Crippen molar-refractivity contribution < 1.29 is 0 Å². The van der Waals surface area contributed by atoms with Gasteiger partial charge >= 0.3 is 0 Å². The summed E-state index contributed by atoms with van der Waals surface area (Å²) in [4.78, 5) is 0. The molecular weight excluding hydrogens is 244 g/mol. The van der Waals surface area contributed by atoms with Gasteiger partial charge in [-0.2, -0.15) is 0 Å². The van der Waals surface area contributed by atoms with Crippen molar-refractivity contribution in [3.05, 3.63) is 16.5 Å². The Kier molecular flexibility index (Phi) is 7.79. The second-order valence-corrected chi connectivity index (χ2v) is 11.5. The molecule has 0 unspecified atom stereocenters. The zero-order chi connectivity index (χ0) is 14.1. The molecule has 0 amide bonds. The third-order valence-electron chi connectivity index (χ3n) is 5.24. The number of hydrogen-bond acceptors (Lipinski definition) is 0. The van der Waals surface area contributed by atoms with Crippen LogP contribution in [0.2, 0.25) is 18.1 Å². The van der Waals surface area contributed by atoms with E-state index in [9.17, 15) is 0 Å². The van der Waals surface area contributed by atoms with Crippen molar-refractivity contribution in [1.82, 2.24) is 0 Å². The summed E-state index contributed by atoms with van der Waals surface area (Å²) in [5.41, 5.74) is 5.64. The molecule has 1 heteroatoms. The molecule has 1 saturated carbocycles. The molecule has 0 nitrogen and oxygen atoms in total. The average molecular weight is 279 g/mol. The Hall–Kier alpha value is -0.263. The summed E-state index contributed by atoms with van der Waals surface area (Å²) in [6.45, 7) is 9.60. The van der Waals surface area contributed by atoms with Crippen LogP contribution < -0.4 is 0 Å². The quantitative estimate of drug-likeness (QED) is 0.362. The average Bonchev–Trinajstić information content (AvgIpc) is 2.48. The van der Waals surface area contributed by atoms with Gasteiger partial charge in [-0.3, -0.25) is 0 Å². The first-order valence-electron chi connectivity index (χ1n) is 8.70. The van der Waals surface area contributed by atoms with Crippen molar-refractivity contribution in [1.29, 1.82) is 0 Å². The Bertz CT molecular complexity index is 300. The zero-order valence-corrected chi connectivity index (χ0v) is 14.8. The maximum atomic E-state index is 3.98. The first-order valence-corrected chi connectivity index (χ1v) is 11.3. The molecule has 0 aromatic rings. The molecule has 0 spiro atoms. The highest BCUT2D eigenvalue weighted by Gasteiger charge is 2.31. The maximum absolute atomic E-state index is 3.98. The molecule has 110 valence electrons. The molecule has 0 atom stereocenters. The first-order chi connectivity index (χ1) is 9.22. The lowest BCUT2D eigenvalue weighted by Gasteiger charge is -2.30. The van der Waals surface area contributed by atoms with Crippen LogP contribution in [0, 0.1) is 0 Å². The van der Waals surface area contributed by atoms with E-state index in [2.05, 4.69) is 33.4 Å². The van der Waals surface area contributed by atoms with E-state index < -0.39 is 8.07 Å². The summed E-state index contributed by atoms with van der Waals surface area (Å²) >= 11 is 0. The van der Waals surface area contributed by atoms with Crippen molar-refractivity contribution in [2.45, 2.75) is 97.2 Å². The molecule has 1 aliphatic carbocycles. The van der Waals surface area contributed by atoms with Crippen LogP contribution in [0.25, 0.3) is 0 Å². The van der Waals surface area contributed by atoms with E-state index >= 15 is 0 Å². The Morgan fingerprint density at radius 1 is 0.947 bits per heavy atom. The molecule has 1 rings (SSSR count). The minimum atomic E-state index is -1.18. The fourth-order valence-corrected chi connectivity index (χ4v) is 7.45. The lowest BCUT2D eigenvalue weighted by atomic mass is 9.95. The fraction of sp³-hybridized carbons (Fsp3) is 0.833. The molecule has 19 heavy (non-hydrogen) atoms. The fourth-order valence-electron chi connectivity index (χ4n) is 3.52. The van der Waals surface area contributed by atoms with Crippen molar-refractivity contribution in [2.24, 2.45) is 0 Å². The maximum Gasteiger partial charge on any atom is 0.0906 e. The highest BCUT2D eigenvalue weighted by Crippen LogP contribution is 2.32. The molecule has 1 aliphatic rings. The van der Waals surface area contributed by atoms with E-state index in [-0.39, 0.29) is 0 Å². The summed E-state index contributed by atoms with van der Waals surface area (Å²) < 4.78 is 0. The van der Waals surface area contributed by atoms with Crippen molar-refractivity contribution in [3.63, 3.8) is 0 Å². The van der Waals surface area contributed by atoms with Crippen LogP contribution >= 0.6 is 0 Å². The summed E-state index contributed by atoms with van der Waals surface area (Å²) in [7, 11) is -1.18. The molecule has 0 aromatic carbocycles. The Labute approximate surface area is 122 Å². The van der Waals surface area contributed by atoms with Gasteiger partial charge in [-0.25, -0.2) is 0 Å². The topological polar surface area (TPSA) is 0 Å². The third kappa shape index (κ3) is 4.65. The monoisotopic (exact) mass is 278 g/mol. The highest BCUT2D eigenvalue weighted by molar-refractivity contribution is 6.86. The van der Waals surface area contributed by atoms with Crippen molar-refractivity contribution in [2.75, 3.05) is 0 Å². The van der Waals surface area contributed by atoms with Crippen LogP contribution in [0.3, 0.4) is 0 Å². The number of unbranched alkanes of at least 4 members (excludes halogenated alkanes) is 1. The van der Waals surface area contributed by atoms with Crippen LogP contribution in [0.5, 0.6) is 0 Å². The van der Waals surface area contributed by atoms with Gasteiger partial charge < -0.3 is 0 Å². The predicted molar refractivity (Wildman–Crippen MR) is 90.3 cm³/mol. The first kappa shape index (κ1) is 16.8. The summed E-state index contributed by atoms with van der Waals surface area (Å²) in [5.74, 6) is 0. The summed E-state index contributed by atoms with van der Waals surface area (Å²) in [6.07, 6.45) is 10.9. The zero-order valence-electron chi connectivity index (χ0n) is 13.8. The molecule has 0 aromatic heterocycles. The van der Waals surface area contributed by atoms with Gasteiger partial charge in [0.05, 0.1) is 8.07 Å². The molecule has 0 bridgehead atoms. The Balaban J connectivity index is 3.07. The largest absolute Gasteiger partial charge is 0.127 e. The molecule has 0 heterocycles. The van der Waals surface area contributed by atoms with Gasteiger partial charge in [-0.15, -0.1) is 5.73 Å². The van der Waals surface area contributed by atoms with Gasteiger partial charge in [0.2, 0.25) is 0 Å². The van der Waals surface area contributed by atoms with E-state index in [1.165, 1.54) is 69.5 Å². The van der Waals surface area contributed by atoms with E-state index in [0.29, 0.717) is 0 Å². The molecule has 0 aliphatic heterocycles. The van der Waals surface area contributed by atoms with Gasteiger partial charge in [0.1, 0.15) is 0 Å². The minimum absolute atomic E-state index is 1.18. The van der Waals surface area contributed by atoms with Crippen LogP contribution in [-0.2, 0) is 0 Å². The van der Waals surface area contributed by atoms with Gasteiger partial charge in [0.15, 0.2) is 0 Å². The Morgan fingerprint density at radius 3 is 2.00 bits per heavy atom. The van der Waals surface area contributed by atoms with Crippen molar-refractivity contribution in [3.8, 4) is 0 Å². The van der Waals surface area contributed by atoms with Crippen LogP contribution in [0.15, 0.2) is 16.5 Å². The molecule has 0 N–H and O–H groups in total. The van der Waals surface area contributed by atoms with Gasteiger partial charge in [-0.05, 0) is 49.3 Å². The normalized spacial score (nSPS) is 16.3. The smallest absolute Gasteiger partial charge is 0.0906 e. The third-order valence-corrected chi connectivity index (χ3v) is 11.0. The van der Waals surface area contributed by atoms with Gasteiger partial charge in [-0.1, -0.05) is 58.7 Å². The molecule has 0 saturated heterocycles. The predicted octanol–water partition coefficient (Wildman–Crippen LogP) is 6.64. The Morgan fingerprint density at radius 2 is 1.53 bits per heavy atom. The molecule has 1 fully saturated rings. The SMILES string of the molecule is CCCCC(=C=C1CCCCC1)[Si](CC)(CC)CC. The van der Waals surface area contributed by atoms with Gasteiger partial charge in [0, 0.05) is 0 Å². The standard InChI is InChI=1S/C18H34Si/c1-5-9-15-18(19(6-2,7-3)8-4)16-17-13-11-10-12-14-17/h5-15H2,1-4H3. The highest BCUT2D eigenvalue weighted by atomic mass is 28.3. The van der Waals surface area contributed by atoms with E-state index in [0.717, 1.165) is 0 Å². The second kappa shape index (κ2) is 8.82. The summed E-state index contributed by atoms with van der Waals surface area (Å²) in [6, 6.07) is 4.25. The van der Waals surface area contributed by atoms with Crippen LogP contribution in [0.1, 0.15) is 79.1 Å². The molecule has 0 radical (unpaired) electrons. The number of rotatable bonds is 7. The number of hydrogen-bond donors (Lipinski definition) is 0. The lowest BCUT2D eigenvalue weighted by molar-refractivity contribution is 0.599. The summed E-state index contributed by atoms with van der Waals surface area (Å²) in [5, 5.41) is 1.79. The van der Waals surface area contributed by atoms with Crippen LogP contribution in [0.4, 0.5) is 0 Å². The van der Waals surface area contributed by atoms with Crippen molar-refractivity contribution >= 4 is 8.07 Å².